The van der Waals surface area contributed by atoms with Crippen molar-refractivity contribution in [2.24, 2.45) is 0 Å². The zero-order valence-corrected chi connectivity index (χ0v) is 22.5. The quantitative estimate of drug-likeness (QED) is 0.117. The van der Waals surface area contributed by atoms with E-state index in [-0.39, 0.29) is 31.0 Å². The molecule has 5 heteroatoms. The summed E-state index contributed by atoms with van der Waals surface area (Å²) in [6, 6.07) is 8.37. The van der Waals surface area contributed by atoms with E-state index < -0.39 is 10.1 Å². The van der Waals surface area contributed by atoms with Crippen LogP contribution in [0.5, 0.6) is 0 Å². The van der Waals surface area contributed by atoms with Crippen LogP contribution in [0.3, 0.4) is 0 Å². The normalized spacial score (nSPS) is 11.3. The first-order chi connectivity index (χ1) is 13.7. The fourth-order valence-corrected chi connectivity index (χ4v) is 4.44. The number of unbranched alkanes of at least 4 members (excludes halogenated alkanes) is 15. The molecule has 0 aromatic heterocycles. The van der Waals surface area contributed by atoms with E-state index >= 15 is 0 Å². The first-order valence-electron chi connectivity index (χ1n) is 11.6. The van der Waals surface area contributed by atoms with Crippen molar-refractivity contribution in [2.45, 2.75) is 115 Å². The predicted octanol–water partition coefficient (Wildman–Crippen LogP) is 7.65. The fraction of sp³-hybridized carbons (Fsp3) is 0.750. The van der Waals surface area contributed by atoms with E-state index in [1.54, 1.807) is 30.3 Å². The van der Waals surface area contributed by atoms with Crippen molar-refractivity contribution in [3.05, 3.63) is 30.3 Å². The van der Waals surface area contributed by atoms with E-state index in [1.165, 1.54) is 89.9 Å². The largest absolute Gasteiger partial charge is 0.296 e. The Kier molecular flexibility index (Phi) is 19.5. The summed E-state index contributed by atoms with van der Waals surface area (Å²) in [5.74, 6) is 0. The Balaban J connectivity index is 0.00000784. The van der Waals surface area contributed by atoms with E-state index in [0.29, 0.717) is 0 Å². The molecule has 0 saturated carbocycles. The first-order valence-corrected chi connectivity index (χ1v) is 13.0. The summed E-state index contributed by atoms with van der Waals surface area (Å²) >= 11 is 0. The topological polar surface area (TPSA) is 43.4 Å². The molecular formula is C24H42O3SZn. The number of rotatable bonds is 19. The molecule has 1 aromatic rings. The molecule has 0 atom stereocenters. The van der Waals surface area contributed by atoms with Gasteiger partial charge in [0.05, 0.1) is 11.5 Å². The van der Waals surface area contributed by atoms with Crippen LogP contribution in [0.25, 0.3) is 0 Å². The van der Waals surface area contributed by atoms with Crippen LogP contribution in [0.15, 0.2) is 35.2 Å². The third kappa shape index (κ3) is 16.2. The van der Waals surface area contributed by atoms with Gasteiger partial charge in [0.1, 0.15) is 0 Å². The van der Waals surface area contributed by atoms with Crippen molar-refractivity contribution in [3.8, 4) is 0 Å². The maximum atomic E-state index is 12.0. The van der Waals surface area contributed by atoms with Gasteiger partial charge in [-0.25, -0.2) is 0 Å². The molecule has 0 unspecified atom stereocenters. The number of benzene rings is 1. The summed E-state index contributed by atoms with van der Waals surface area (Å²) in [6.45, 7) is 2.56. The second-order valence-corrected chi connectivity index (χ2v) is 9.51. The zero-order valence-electron chi connectivity index (χ0n) is 18.7. The van der Waals surface area contributed by atoms with Gasteiger partial charge in [0.15, 0.2) is 0 Å². The van der Waals surface area contributed by atoms with E-state index in [4.69, 9.17) is 4.18 Å². The predicted molar refractivity (Wildman–Crippen MR) is 119 cm³/mol. The van der Waals surface area contributed by atoms with Gasteiger partial charge in [-0.3, -0.25) is 4.18 Å². The van der Waals surface area contributed by atoms with Crippen LogP contribution < -0.4 is 0 Å². The van der Waals surface area contributed by atoms with Gasteiger partial charge in [-0.2, -0.15) is 8.42 Å². The van der Waals surface area contributed by atoms with Crippen molar-refractivity contribution in [1.29, 1.82) is 0 Å². The molecule has 29 heavy (non-hydrogen) atoms. The smallest absolute Gasteiger partial charge is 0.266 e. The van der Waals surface area contributed by atoms with Crippen LogP contribution >= 0.6 is 0 Å². The van der Waals surface area contributed by atoms with E-state index in [1.807, 2.05) is 0 Å². The summed E-state index contributed by atoms with van der Waals surface area (Å²) in [5, 5.41) is 0. The SMILES string of the molecule is CCCCCCCCCCCCCCCCCCOS(=O)(=O)c1ccccc1.[Zn]. The van der Waals surface area contributed by atoms with Crippen LogP contribution in [0.4, 0.5) is 0 Å². The Labute approximate surface area is 193 Å². The maximum absolute atomic E-state index is 12.0. The van der Waals surface area contributed by atoms with Crippen LogP contribution in [0.1, 0.15) is 110 Å². The van der Waals surface area contributed by atoms with E-state index in [9.17, 15) is 8.42 Å². The van der Waals surface area contributed by atoms with E-state index in [0.717, 1.165) is 12.8 Å². The van der Waals surface area contributed by atoms with Crippen molar-refractivity contribution in [3.63, 3.8) is 0 Å². The summed E-state index contributed by atoms with van der Waals surface area (Å²) in [7, 11) is -3.58. The minimum absolute atomic E-state index is 0. The molecule has 0 radical (unpaired) electrons. The molecule has 164 valence electrons. The molecule has 0 bridgehead atoms. The van der Waals surface area contributed by atoms with Crippen molar-refractivity contribution < 1.29 is 32.1 Å². The Morgan fingerprint density at radius 2 is 1.00 bits per heavy atom. The molecule has 0 N–H and O–H groups in total. The second kappa shape index (κ2) is 19.7. The third-order valence-electron chi connectivity index (χ3n) is 5.27. The Bertz CT molecular complexity index is 561. The maximum Gasteiger partial charge on any atom is 0.296 e. The fourth-order valence-electron chi connectivity index (χ4n) is 3.47. The van der Waals surface area contributed by atoms with Crippen LogP contribution in [-0.2, 0) is 33.8 Å². The molecule has 0 aliphatic rings. The number of hydrogen-bond acceptors (Lipinski definition) is 3. The molecule has 0 amide bonds. The van der Waals surface area contributed by atoms with Gasteiger partial charge in [-0.1, -0.05) is 121 Å². The summed E-state index contributed by atoms with van der Waals surface area (Å²) in [4.78, 5) is 0.242. The molecule has 0 spiro atoms. The van der Waals surface area contributed by atoms with Crippen molar-refractivity contribution in [2.75, 3.05) is 6.61 Å². The van der Waals surface area contributed by atoms with Gasteiger partial charge >= 0.3 is 0 Å². The molecule has 1 aromatic carbocycles. The van der Waals surface area contributed by atoms with Gasteiger partial charge in [-0.05, 0) is 18.6 Å². The summed E-state index contributed by atoms with van der Waals surface area (Å²) in [5.41, 5.74) is 0. The average molecular weight is 476 g/mol. The standard InChI is InChI=1S/C24H42O3S.Zn/c1-2-3-4-5-6-7-8-9-10-11-12-13-14-15-16-20-23-27-28(25,26)24-21-18-17-19-22-24;/h17-19,21-22H,2-16,20,23H2,1H3;. The minimum atomic E-state index is -3.58. The van der Waals surface area contributed by atoms with Gasteiger partial charge in [0, 0.05) is 19.5 Å². The molecular weight excluding hydrogens is 434 g/mol. The van der Waals surface area contributed by atoms with E-state index in [2.05, 4.69) is 6.92 Å². The van der Waals surface area contributed by atoms with Gasteiger partial charge < -0.3 is 0 Å². The molecule has 0 aliphatic carbocycles. The first kappa shape index (κ1) is 28.8. The Morgan fingerprint density at radius 3 is 1.41 bits per heavy atom. The summed E-state index contributed by atoms with van der Waals surface area (Å²) < 4.78 is 29.0. The Hall–Kier alpha value is -0.247. The molecule has 0 heterocycles. The molecule has 1 rings (SSSR count). The average Bonchev–Trinajstić information content (AvgIpc) is 2.71. The number of hydrogen-bond donors (Lipinski definition) is 0. The van der Waals surface area contributed by atoms with Gasteiger partial charge in [0.2, 0.25) is 0 Å². The monoisotopic (exact) mass is 474 g/mol. The zero-order chi connectivity index (χ0) is 20.3. The second-order valence-electron chi connectivity index (χ2n) is 7.89. The van der Waals surface area contributed by atoms with Gasteiger partial charge in [-0.15, -0.1) is 0 Å². The van der Waals surface area contributed by atoms with Crippen molar-refractivity contribution >= 4 is 10.1 Å². The van der Waals surface area contributed by atoms with Gasteiger partial charge in [0.25, 0.3) is 10.1 Å². The van der Waals surface area contributed by atoms with Crippen LogP contribution in [-0.4, -0.2) is 15.0 Å². The molecule has 0 aliphatic heterocycles. The molecule has 0 saturated heterocycles. The summed E-state index contributed by atoms with van der Waals surface area (Å²) in [6.07, 6.45) is 20.9. The van der Waals surface area contributed by atoms with Crippen LogP contribution in [0.2, 0.25) is 0 Å². The van der Waals surface area contributed by atoms with Crippen molar-refractivity contribution in [1.82, 2.24) is 0 Å². The Morgan fingerprint density at radius 1 is 0.621 bits per heavy atom. The third-order valence-corrected chi connectivity index (χ3v) is 6.59. The minimum Gasteiger partial charge on any atom is -0.266 e. The van der Waals surface area contributed by atoms with Crippen LogP contribution in [0, 0.1) is 0 Å². The molecule has 0 fully saturated rings. The molecule has 3 nitrogen and oxygen atoms in total.